The molecule has 0 aliphatic carbocycles. The summed E-state index contributed by atoms with van der Waals surface area (Å²) in [5.41, 5.74) is 6.98. The second-order valence-electron chi connectivity index (χ2n) is 3.81. The summed E-state index contributed by atoms with van der Waals surface area (Å²) in [5, 5.41) is 18.5. The number of non-ortho nitro benzene ring substituents is 1. The molecule has 2 aromatic rings. The van der Waals surface area contributed by atoms with Crippen LogP contribution in [-0.2, 0) is 6.54 Å². The predicted octanol–water partition coefficient (Wildman–Crippen LogP) is 1.20. The van der Waals surface area contributed by atoms with Gasteiger partial charge in [0.05, 0.1) is 11.1 Å². The molecule has 0 bridgehead atoms. The van der Waals surface area contributed by atoms with Gasteiger partial charge in [-0.1, -0.05) is 5.21 Å². The van der Waals surface area contributed by atoms with Gasteiger partial charge in [0.1, 0.15) is 5.69 Å². The number of hydrogen-bond donors (Lipinski definition) is 1. The molecule has 0 saturated heterocycles. The normalized spacial score (nSPS) is 10.5. The summed E-state index contributed by atoms with van der Waals surface area (Å²) in [5.74, 6) is 0. The van der Waals surface area contributed by atoms with Crippen molar-refractivity contribution >= 4 is 5.69 Å². The Bertz CT molecular complexity index is 535. The second kappa shape index (κ2) is 5.37. The third-order valence-corrected chi connectivity index (χ3v) is 2.50. The van der Waals surface area contributed by atoms with Gasteiger partial charge >= 0.3 is 0 Å². The van der Waals surface area contributed by atoms with Gasteiger partial charge < -0.3 is 5.73 Å². The molecule has 0 saturated carbocycles. The molecule has 2 N–H and O–H groups in total. The smallest absolute Gasteiger partial charge is 0.269 e. The Kier molecular flexibility index (Phi) is 3.63. The molecule has 1 aromatic heterocycles. The zero-order chi connectivity index (χ0) is 13.0. The lowest BCUT2D eigenvalue weighted by atomic mass is 10.1. The summed E-state index contributed by atoms with van der Waals surface area (Å²) < 4.78 is 1.71. The van der Waals surface area contributed by atoms with E-state index in [1.54, 1.807) is 23.0 Å². The number of rotatable bonds is 5. The summed E-state index contributed by atoms with van der Waals surface area (Å²) in [7, 11) is 0. The van der Waals surface area contributed by atoms with Crippen molar-refractivity contribution in [3.8, 4) is 11.3 Å². The third-order valence-electron chi connectivity index (χ3n) is 2.50. The molecule has 0 atom stereocenters. The number of nitro groups is 1. The van der Waals surface area contributed by atoms with Crippen molar-refractivity contribution < 1.29 is 4.92 Å². The van der Waals surface area contributed by atoms with E-state index in [2.05, 4.69) is 10.3 Å². The zero-order valence-electron chi connectivity index (χ0n) is 9.69. The molecule has 2 rings (SSSR count). The fourth-order valence-corrected chi connectivity index (χ4v) is 1.55. The van der Waals surface area contributed by atoms with Crippen LogP contribution in [0, 0.1) is 10.1 Å². The molecule has 0 aliphatic rings. The van der Waals surface area contributed by atoms with Crippen LogP contribution >= 0.6 is 0 Å². The monoisotopic (exact) mass is 247 g/mol. The van der Waals surface area contributed by atoms with Crippen LogP contribution in [0.3, 0.4) is 0 Å². The van der Waals surface area contributed by atoms with Crippen molar-refractivity contribution in [2.24, 2.45) is 5.73 Å². The Balaban J connectivity index is 2.15. The molecule has 94 valence electrons. The second-order valence-corrected chi connectivity index (χ2v) is 3.81. The Morgan fingerprint density at radius 3 is 2.67 bits per heavy atom. The highest BCUT2D eigenvalue weighted by molar-refractivity contribution is 5.59. The van der Waals surface area contributed by atoms with Gasteiger partial charge in [-0.2, -0.15) is 0 Å². The van der Waals surface area contributed by atoms with Gasteiger partial charge in [0, 0.05) is 24.2 Å². The number of benzene rings is 1. The maximum absolute atomic E-state index is 10.5. The molecule has 1 heterocycles. The number of hydrogen-bond acceptors (Lipinski definition) is 5. The standard InChI is InChI=1S/C11H13N5O2/c12-6-1-7-15-8-11(13-14-15)9-2-4-10(5-3-9)16(17)18/h2-5,8H,1,6-7,12H2. The van der Waals surface area contributed by atoms with E-state index in [0.717, 1.165) is 18.5 Å². The first-order valence-electron chi connectivity index (χ1n) is 5.56. The van der Waals surface area contributed by atoms with Crippen LogP contribution in [0.5, 0.6) is 0 Å². The summed E-state index contributed by atoms with van der Waals surface area (Å²) in [6, 6.07) is 6.23. The fraction of sp³-hybridized carbons (Fsp3) is 0.273. The highest BCUT2D eigenvalue weighted by atomic mass is 16.6. The van der Waals surface area contributed by atoms with Gasteiger partial charge in [0.2, 0.25) is 0 Å². The number of nitrogens with zero attached hydrogens (tertiary/aromatic N) is 4. The molecule has 0 aliphatic heterocycles. The lowest BCUT2D eigenvalue weighted by Crippen LogP contribution is -2.06. The zero-order valence-corrected chi connectivity index (χ0v) is 9.69. The maximum atomic E-state index is 10.5. The quantitative estimate of drug-likeness (QED) is 0.632. The van der Waals surface area contributed by atoms with Crippen LogP contribution in [0.25, 0.3) is 11.3 Å². The highest BCUT2D eigenvalue weighted by Crippen LogP contribution is 2.19. The molecule has 18 heavy (non-hydrogen) atoms. The first-order chi connectivity index (χ1) is 8.70. The predicted molar refractivity (Wildman–Crippen MR) is 65.8 cm³/mol. The van der Waals surface area contributed by atoms with E-state index in [4.69, 9.17) is 5.73 Å². The van der Waals surface area contributed by atoms with Crippen molar-refractivity contribution in [1.82, 2.24) is 15.0 Å². The maximum Gasteiger partial charge on any atom is 0.269 e. The van der Waals surface area contributed by atoms with Gasteiger partial charge in [-0.15, -0.1) is 5.10 Å². The first-order valence-corrected chi connectivity index (χ1v) is 5.56. The lowest BCUT2D eigenvalue weighted by molar-refractivity contribution is -0.384. The molecular formula is C11H13N5O2. The summed E-state index contributed by atoms with van der Waals surface area (Å²) in [4.78, 5) is 10.1. The molecule has 0 spiro atoms. The molecule has 0 unspecified atom stereocenters. The highest BCUT2D eigenvalue weighted by Gasteiger charge is 2.07. The summed E-state index contributed by atoms with van der Waals surface area (Å²) >= 11 is 0. The largest absolute Gasteiger partial charge is 0.330 e. The van der Waals surface area contributed by atoms with Crippen LogP contribution in [0.1, 0.15) is 6.42 Å². The molecule has 0 radical (unpaired) electrons. The van der Waals surface area contributed by atoms with E-state index in [-0.39, 0.29) is 5.69 Å². The number of nitrogens with two attached hydrogens (primary N) is 1. The van der Waals surface area contributed by atoms with Crippen molar-refractivity contribution in [2.75, 3.05) is 6.54 Å². The molecule has 7 heteroatoms. The van der Waals surface area contributed by atoms with Gasteiger partial charge in [-0.25, -0.2) is 0 Å². The Labute approximate surface area is 103 Å². The number of nitro benzene ring substituents is 1. The van der Waals surface area contributed by atoms with E-state index >= 15 is 0 Å². The summed E-state index contributed by atoms with van der Waals surface area (Å²) in [6.45, 7) is 1.32. The Morgan fingerprint density at radius 2 is 2.06 bits per heavy atom. The third kappa shape index (κ3) is 2.69. The SMILES string of the molecule is NCCCn1cc(-c2ccc([N+](=O)[O-])cc2)nn1. The van der Waals surface area contributed by atoms with E-state index in [0.29, 0.717) is 12.2 Å². The topological polar surface area (TPSA) is 99.9 Å². The number of aromatic nitrogens is 3. The lowest BCUT2D eigenvalue weighted by Gasteiger charge is -1.96. The number of aryl methyl sites for hydroxylation is 1. The van der Waals surface area contributed by atoms with Gasteiger partial charge in [0.15, 0.2) is 0 Å². The molecule has 1 aromatic carbocycles. The molecular weight excluding hydrogens is 234 g/mol. The van der Waals surface area contributed by atoms with Crippen molar-refractivity contribution in [1.29, 1.82) is 0 Å². The van der Waals surface area contributed by atoms with Crippen LogP contribution in [0.4, 0.5) is 5.69 Å². The minimum atomic E-state index is -0.429. The van der Waals surface area contributed by atoms with Crippen LogP contribution in [-0.4, -0.2) is 26.5 Å². The van der Waals surface area contributed by atoms with Crippen LogP contribution in [0.2, 0.25) is 0 Å². The Morgan fingerprint density at radius 1 is 1.33 bits per heavy atom. The molecule has 0 fully saturated rings. The first kappa shape index (κ1) is 12.2. The van der Waals surface area contributed by atoms with Crippen LogP contribution in [0.15, 0.2) is 30.5 Å². The van der Waals surface area contributed by atoms with E-state index in [9.17, 15) is 10.1 Å². The van der Waals surface area contributed by atoms with E-state index in [1.807, 2.05) is 0 Å². The average Bonchev–Trinajstić information content (AvgIpc) is 2.85. The van der Waals surface area contributed by atoms with E-state index in [1.165, 1.54) is 12.1 Å². The van der Waals surface area contributed by atoms with Gasteiger partial charge in [-0.3, -0.25) is 14.8 Å². The van der Waals surface area contributed by atoms with Crippen molar-refractivity contribution in [2.45, 2.75) is 13.0 Å². The molecule has 0 amide bonds. The fourth-order valence-electron chi connectivity index (χ4n) is 1.55. The van der Waals surface area contributed by atoms with Gasteiger partial charge in [-0.05, 0) is 25.1 Å². The average molecular weight is 247 g/mol. The van der Waals surface area contributed by atoms with Crippen molar-refractivity contribution in [3.05, 3.63) is 40.6 Å². The minimum absolute atomic E-state index is 0.0641. The van der Waals surface area contributed by atoms with Gasteiger partial charge in [0.25, 0.3) is 5.69 Å². The Hall–Kier alpha value is -2.28. The molecule has 7 nitrogen and oxygen atoms in total. The van der Waals surface area contributed by atoms with Crippen LogP contribution < -0.4 is 5.73 Å². The van der Waals surface area contributed by atoms with E-state index < -0.39 is 4.92 Å². The summed E-state index contributed by atoms with van der Waals surface area (Å²) in [6.07, 6.45) is 2.64. The minimum Gasteiger partial charge on any atom is -0.330 e. The van der Waals surface area contributed by atoms with Crippen molar-refractivity contribution in [3.63, 3.8) is 0 Å².